The molecule has 0 aromatic rings. The molecule has 0 aromatic heterocycles. The molecule has 0 aliphatic heterocycles. The summed E-state index contributed by atoms with van der Waals surface area (Å²) in [6.45, 7) is 11.5. The van der Waals surface area contributed by atoms with E-state index in [1.165, 1.54) is 5.57 Å². The van der Waals surface area contributed by atoms with Crippen LogP contribution in [0.15, 0.2) is 11.1 Å². The molecule has 3 saturated carbocycles. The molecule has 5 atom stereocenters. The number of ketones is 2. The number of carbonyl (C=O) groups excluding carboxylic acids is 2. The largest absolute Gasteiger partial charge is 0.299 e. The predicted molar refractivity (Wildman–Crippen MR) is 86.3 cm³/mol. The van der Waals surface area contributed by atoms with E-state index in [1.807, 2.05) is 0 Å². The van der Waals surface area contributed by atoms with Crippen LogP contribution in [0, 0.1) is 34.0 Å². The maximum Gasteiger partial charge on any atom is 0.160 e. The van der Waals surface area contributed by atoms with Gasteiger partial charge in [-0.15, -0.1) is 0 Å². The van der Waals surface area contributed by atoms with E-state index in [0.29, 0.717) is 29.8 Å². The third-order valence-electron chi connectivity index (χ3n) is 8.43. The zero-order chi connectivity index (χ0) is 16.1. The predicted octanol–water partition coefficient (Wildman–Crippen LogP) is 4.33. The summed E-state index contributed by atoms with van der Waals surface area (Å²) >= 11 is 0. The van der Waals surface area contributed by atoms with Crippen LogP contribution in [-0.4, -0.2) is 11.6 Å². The molecular formula is C20H28O2. The first kappa shape index (κ1) is 14.7. The van der Waals surface area contributed by atoms with Gasteiger partial charge in [0.05, 0.1) is 0 Å². The Balaban J connectivity index is 1.93. The van der Waals surface area contributed by atoms with Gasteiger partial charge in [-0.3, -0.25) is 9.59 Å². The van der Waals surface area contributed by atoms with Gasteiger partial charge in [-0.1, -0.05) is 33.3 Å². The molecule has 4 aliphatic rings. The van der Waals surface area contributed by atoms with Crippen molar-refractivity contribution in [1.29, 1.82) is 0 Å². The molecule has 2 bridgehead atoms. The summed E-state index contributed by atoms with van der Waals surface area (Å²) in [5, 5.41) is 0. The molecule has 3 fully saturated rings. The molecule has 0 saturated heterocycles. The molecule has 0 radical (unpaired) electrons. The van der Waals surface area contributed by atoms with Crippen LogP contribution in [0.5, 0.6) is 0 Å². The first-order valence-corrected chi connectivity index (χ1v) is 8.92. The summed E-state index contributed by atoms with van der Waals surface area (Å²) in [7, 11) is 0. The Kier molecular flexibility index (Phi) is 2.62. The van der Waals surface area contributed by atoms with E-state index in [2.05, 4.69) is 34.6 Å². The average molecular weight is 300 g/mol. The Morgan fingerprint density at radius 2 is 1.82 bits per heavy atom. The fourth-order valence-corrected chi connectivity index (χ4v) is 7.49. The van der Waals surface area contributed by atoms with Crippen LogP contribution in [0.3, 0.4) is 0 Å². The van der Waals surface area contributed by atoms with Crippen molar-refractivity contribution in [1.82, 2.24) is 0 Å². The second kappa shape index (κ2) is 3.94. The van der Waals surface area contributed by atoms with Gasteiger partial charge in [0, 0.05) is 29.7 Å². The molecule has 0 aromatic carbocycles. The minimum Gasteiger partial charge on any atom is -0.299 e. The highest BCUT2D eigenvalue weighted by Gasteiger charge is 2.72. The fraction of sp³-hybridized carbons (Fsp3) is 0.800. The number of fused-ring (bicyclic) bond motifs is 3. The van der Waals surface area contributed by atoms with Gasteiger partial charge in [0.2, 0.25) is 0 Å². The number of allylic oxidation sites excluding steroid dienone is 2. The monoisotopic (exact) mass is 300 g/mol. The van der Waals surface area contributed by atoms with Crippen molar-refractivity contribution in [3.63, 3.8) is 0 Å². The molecule has 4 aliphatic carbocycles. The number of rotatable bonds is 0. The molecule has 5 unspecified atom stereocenters. The van der Waals surface area contributed by atoms with Crippen LogP contribution in [0.25, 0.3) is 0 Å². The summed E-state index contributed by atoms with van der Waals surface area (Å²) in [5.41, 5.74) is 2.80. The average Bonchev–Trinajstić information content (AvgIpc) is 2.49. The third kappa shape index (κ3) is 1.31. The van der Waals surface area contributed by atoms with Gasteiger partial charge in [0.25, 0.3) is 0 Å². The van der Waals surface area contributed by atoms with Crippen molar-refractivity contribution >= 4 is 11.6 Å². The summed E-state index contributed by atoms with van der Waals surface area (Å²) in [6.07, 6.45) is 4.67. The molecule has 120 valence electrons. The number of carbonyl (C=O) groups is 2. The Morgan fingerprint density at radius 3 is 2.45 bits per heavy atom. The quantitative estimate of drug-likeness (QED) is 0.667. The number of Topliss-reactive ketones (excluding diaryl/α,β-unsaturated/α-hetero) is 2. The Bertz CT molecular complexity index is 626. The summed E-state index contributed by atoms with van der Waals surface area (Å²) < 4.78 is 0. The van der Waals surface area contributed by atoms with Crippen LogP contribution in [0.1, 0.15) is 66.7 Å². The first-order valence-electron chi connectivity index (χ1n) is 8.92. The highest BCUT2D eigenvalue weighted by atomic mass is 16.1. The smallest absolute Gasteiger partial charge is 0.160 e. The van der Waals surface area contributed by atoms with E-state index in [4.69, 9.17) is 0 Å². The zero-order valence-electron chi connectivity index (χ0n) is 14.6. The molecular weight excluding hydrogens is 272 g/mol. The molecule has 0 N–H and O–H groups in total. The van der Waals surface area contributed by atoms with Gasteiger partial charge in [-0.05, 0) is 48.9 Å². The van der Waals surface area contributed by atoms with Gasteiger partial charge >= 0.3 is 0 Å². The van der Waals surface area contributed by atoms with E-state index in [9.17, 15) is 9.59 Å². The fourth-order valence-electron chi connectivity index (χ4n) is 7.49. The normalized spacial score (nSPS) is 49.4. The standard InChI is InChI=1S/C20H28O2/c1-11-6-7-20-12(2)8-14(21)13(18(20,3)4)9-16(20)19(5)10-15(22)17(11)19/h12-13,16H,6-10H2,1-5H3. The van der Waals surface area contributed by atoms with Gasteiger partial charge in [-0.25, -0.2) is 0 Å². The van der Waals surface area contributed by atoms with Crippen LogP contribution in [0.4, 0.5) is 0 Å². The summed E-state index contributed by atoms with van der Waals surface area (Å²) in [4.78, 5) is 25.0. The zero-order valence-corrected chi connectivity index (χ0v) is 14.6. The lowest BCUT2D eigenvalue weighted by Crippen LogP contribution is -2.55. The van der Waals surface area contributed by atoms with Crippen molar-refractivity contribution < 1.29 is 9.59 Å². The van der Waals surface area contributed by atoms with E-state index in [-0.39, 0.29) is 22.2 Å². The van der Waals surface area contributed by atoms with Gasteiger partial charge < -0.3 is 0 Å². The summed E-state index contributed by atoms with van der Waals surface area (Å²) in [6, 6.07) is 0. The van der Waals surface area contributed by atoms with Gasteiger partial charge in [0.1, 0.15) is 5.78 Å². The van der Waals surface area contributed by atoms with Crippen molar-refractivity contribution in [3.8, 4) is 0 Å². The highest BCUT2D eigenvalue weighted by molar-refractivity contribution is 6.05. The Morgan fingerprint density at radius 1 is 1.14 bits per heavy atom. The van der Waals surface area contributed by atoms with Crippen LogP contribution < -0.4 is 0 Å². The lowest BCUT2D eigenvalue weighted by Gasteiger charge is -2.58. The van der Waals surface area contributed by atoms with Crippen molar-refractivity contribution in [3.05, 3.63) is 11.1 Å². The van der Waals surface area contributed by atoms with Gasteiger partial charge in [0.15, 0.2) is 5.78 Å². The second-order valence-electron chi connectivity index (χ2n) is 9.35. The molecule has 4 rings (SSSR count). The van der Waals surface area contributed by atoms with E-state index < -0.39 is 0 Å². The minimum absolute atomic E-state index is 0.0303. The Labute approximate surface area is 133 Å². The van der Waals surface area contributed by atoms with Crippen LogP contribution in [-0.2, 0) is 9.59 Å². The number of hydrogen-bond donors (Lipinski definition) is 0. The molecule has 2 heteroatoms. The molecule has 22 heavy (non-hydrogen) atoms. The lowest BCUT2D eigenvalue weighted by molar-refractivity contribution is -0.145. The first-order chi connectivity index (χ1) is 10.2. The number of hydrogen-bond acceptors (Lipinski definition) is 2. The molecule has 0 heterocycles. The van der Waals surface area contributed by atoms with Crippen molar-refractivity contribution in [2.75, 3.05) is 0 Å². The maximum atomic E-state index is 12.7. The molecule has 0 amide bonds. The van der Waals surface area contributed by atoms with Crippen molar-refractivity contribution in [2.45, 2.75) is 66.7 Å². The van der Waals surface area contributed by atoms with E-state index in [0.717, 1.165) is 31.3 Å². The lowest BCUT2D eigenvalue weighted by atomic mass is 9.45. The van der Waals surface area contributed by atoms with Crippen LogP contribution in [0.2, 0.25) is 0 Å². The second-order valence-corrected chi connectivity index (χ2v) is 9.35. The van der Waals surface area contributed by atoms with E-state index in [1.54, 1.807) is 0 Å². The highest BCUT2D eigenvalue weighted by Crippen LogP contribution is 2.76. The maximum absolute atomic E-state index is 12.7. The summed E-state index contributed by atoms with van der Waals surface area (Å²) in [5.74, 6) is 2.01. The SMILES string of the molecule is CC1=C2C(=O)CC2(C)C2CC3C(=O)CC(C)C2(CC1)C3(C)C. The van der Waals surface area contributed by atoms with Crippen molar-refractivity contribution in [2.24, 2.45) is 34.0 Å². The molecule has 1 spiro atoms. The Hall–Kier alpha value is -0.920. The minimum atomic E-state index is 0.0303. The van der Waals surface area contributed by atoms with E-state index >= 15 is 0 Å². The van der Waals surface area contributed by atoms with Crippen LogP contribution >= 0.6 is 0 Å². The topological polar surface area (TPSA) is 34.1 Å². The molecule has 2 nitrogen and oxygen atoms in total. The third-order valence-corrected chi connectivity index (χ3v) is 8.43. The van der Waals surface area contributed by atoms with Gasteiger partial charge in [-0.2, -0.15) is 0 Å².